The topological polar surface area (TPSA) is 26.0 Å². The molecule has 94 valence electrons. The monoisotopic (exact) mass is 243 g/mol. The molecule has 0 unspecified atom stereocenters. The summed E-state index contributed by atoms with van der Waals surface area (Å²) in [6.07, 6.45) is -2.52. The largest absolute Gasteiger partial charge is 0.416 e. The van der Waals surface area contributed by atoms with Crippen LogP contribution in [0.15, 0.2) is 24.3 Å². The van der Waals surface area contributed by atoms with Crippen LogP contribution in [-0.4, -0.2) is 6.54 Å². The van der Waals surface area contributed by atoms with Crippen LogP contribution in [0.1, 0.15) is 30.9 Å². The summed E-state index contributed by atoms with van der Waals surface area (Å²) < 4.78 is 37.9. The van der Waals surface area contributed by atoms with E-state index >= 15 is 0 Å². The van der Waals surface area contributed by atoms with E-state index in [1.165, 1.54) is 12.1 Å². The Morgan fingerprint density at radius 3 is 2.47 bits per heavy atom. The molecule has 1 fully saturated rings. The van der Waals surface area contributed by atoms with E-state index in [2.05, 4.69) is 6.92 Å². The molecule has 0 saturated heterocycles. The van der Waals surface area contributed by atoms with Crippen LogP contribution < -0.4 is 5.73 Å². The van der Waals surface area contributed by atoms with Crippen LogP contribution in [0.3, 0.4) is 0 Å². The van der Waals surface area contributed by atoms with E-state index in [0.717, 1.165) is 24.5 Å². The van der Waals surface area contributed by atoms with Gasteiger partial charge in [-0.15, -0.1) is 0 Å². The number of halogens is 3. The molecule has 0 aliphatic heterocycles. The average Bonchev–Trinajstić information content (AvgIpc) is 2.23. The Morgan fingerprint density at radius 1 is 1.35 bits per heavy atom. The van der Waals surface area contributed by atoms with E-state index in [9.17, 15) is 13.2 Å². The second-order valence-corrected chi connectivity index (χ2v) is 5.08. The van der Waals surface area contributed by atoms with Gasteiger partial charge in [-0.3, -0.25) is 0 Å². The lowest BCUT2D eigenvalue weighted by molar-refractivity contribution is -0.137. The Kier molecular flexibility index (Phi) is 2.94. The predicted molar refractivity (Wildman–Crippen MR) is 60.6 cm³/mol. The smallest absolute Gasteiger partial charge is 0.330 e. The van der Waals surface area contributed by atoms with Crippen molar-refractivity contribution >= 4 is 0 Å². The van der Waals surface area contributed by atoms with Gasteiger partial charge in [-0.05, 0) is 30.4 Å². The van der Waals surface area contributed by atoms with Gasteiger partial charge in [0.2, 0.25) is 0 Å². The van der Waals surface area contributed by atoms with Crippen LogP contribution in [0.4, 0.5) is 13.2 Å². The molecule has 0 aromatic heterocycles. The van der Waals surface area contributed by atoms with Crippen molar-refractivity contribution in [2.45, 2.75) is 31.4 Å². The molecule has 0 spiro atoms. The van der Waals surface area contributed by atoms with Gasteiger partial charge in [-0.1, -0.05) is 25.1 Å². The van der Waals surface area contributed by atoms with Gasteiger partial charge in [-0.25, -0.2) is 0 Å². The Hall–Kier alpha value is -1.03. The van der Waals surface area contributed by atoms with Crippen molar-refractivity contribution in [3.05, 3.63) is 35.4 Å². The molecule has 2 rings (SSSR count). The van der Waals surface area contributed by atoms with Crippen LogP contribution in [0.2, 0.25) is 0 Å². The van der Waals surface area contributed by atoms with Crippen molar-refractivity contribution in [3.63, 3.8) is 0 Å². The van der Waals surface area contributed by atoms with Crippen LogP contribution in [0.5, 0.6) is 0 Å². The van der Waals surface area contributed by atoms with E-state index in [0.29, 0.717) is 12.5 Å². The maximum atomic E-state index is 12.6. The number of hydrogen-bond donors (Lipinski definition) is 1. The third-order valence-corrected chi connectivity index (χ3v) is 3.67. The zero-order valence-electron chi connectivity index (χ0n) is 9.72. The second-order valence-electron chi connectivity index (χ2n) is 5.08. The number of nitrogens with two attached hydrogens (primary N) is 1. The van der Waals surface area contributed by atoms with Crippen LogP contribution in [0.25, 0.3) is 0 Å². The van der Waals surface area contributed by atoms with Gasteiger partial charge < -0.3 is 5.73 Å². The predicted octanol–water partition coefficient (Wildman–Crippen LogP) is 3.33. The molecule has 17 heavy (non-hydrogen) atoms. The summed E-state index contributed by atoms with van der Waals surface area (Å²) in [5, 5.41) is 0. The van der Waals surface area contributed by atoms with E-state index < -0.39 is 11.7 Å². The van der Waals surface area contributed by atoms with Gasteiger partial charge in [-0.2, -0.15) is 13.2 Å². The molecule has 0 amide bonds. The second kappa shape index (κ2) is 4.02. The van der Waals surface area contributed by atoms with E-state index in [1.54, 1.807) is 6.07 Å². The first kappa shape index (κ1) is 12.4. The highest BCUT2D eigenvalue weighted by Crippen LogP contribution is 2.47. The van der Waals surface area contributed by atoms with Crippen LogP contribution in [-0.2, 0) is 11.6 Å². The SMILES string of the molecule is CC1CC(CN)(c2cccc(C(F)(F)F)c2)C1. The molecule has 4 heteroatoms. The summed E-state index contributed by atoms with van der Waals surface area (Å²) >= 11 is 0. The van der Waals surface area contributed by atoms with Gasteiger partial charge in [0.15, 0.2) is 0 Å². The van der Waals surface area contributed by atoms with E-state index in [1.807, 2.05) is 0 Å². The van der Waals surface area contributed by atoms with Gasteiger partial charge in [0.05, 0.1) is 5.56 Å². The lowest BCUT2D eigenvalue weighted by atomic mass is 9.59. The summed E-state index contributed by atoms with van der Waals surface area (Å²) in [5.41, 5.74) is 5.65. The highest BCUT2D eigenvalue weighted by Gasteiger charge is 2.43. The number of benzene rings is 1. The van der Waals surface area contributed by atoms with Crippen molar-refractivity contribution < 1.29 is 13.2 Å². The molecule has 1 nitrogen and oxygen atoms in total. The van der Waals surface area contributed by atoms with Crippen molar-refractivity contribution in [2.75, 3.05) is 6.54 Å². The summed E-state index contributed by atoms with van der Waals surface area (Å²) in [4.78, 5) is 0. The molecule has 2 N–H and O–H groups in total. The lowest BCUT2D eigenvalue weighted by Crippen LogP contribution is -2.46. The molecule has 1 aliphatic carbocycles. The highest BCUT2D eigenvalue weighted by molar-refractivity contribution is 5.34. The van der Waals surface area contributed by atoms with Crippen molar-refractivity contribution in [2.24, 2.45) is 11.7 Å². The molecule has 1 aliphatic rings. The Labute approximate surface area is 98.8 Å². The molecule has 1 aromatic carbocycles. The van der Waals surface area contributed by atoms with Crippen LogP contribution >= 0.6 is 0 Å². The van der Waals surface area contributed by atoms with Gasteiger partial charge in [0.1, 0.15) is 0 Å². The lowest BCUT2D eigenvalue weighted by Gasteiger charge is -2.46. The Bertz CT molecular complexity index is 405. The van der Waals surface area contributed by atoms with Gasteiger partial charge in [0, 0.05) is 12.0 Å². The first-order valence-corrected chi connectivity index (χ1v) is 5.75. The molecular weight excluding hydrogens is 227 g/mol. The average molecular weight is 243 g/mol. The number of hydrogen-bond acceptors (Lipinski definition) is 1. The maximum Gasteiger partial charge on any atom is 0.416 e. The zero-order chi connectivity index (χ0) is 12.7. The van der Waals surface area contributed by atoms with Gasteiger partial charge in [0.25, 0.3) is 0 Å². The minimum atomic E-state index is -4.28. The minimum absolute atomic E-state index is 0.235. The molecule has 0 bridgehead atoms. The van der Waals surface area contributed by atoms with Crippen molar-refractivity contribution in [1.82, 2.24) is 0 Å². The Morgan fingerprint density at radius 2 is 2.00 bits per heavy atom. The summed E-state index contributed by atoms with van der Waals surface area (Å²) in [6, 6.07) is 5.58. The molecule has 1 aromatic rings. The standard InChI is InChI=1S/C13H16F3N/c1-9-6-12(7-9,8-17)10-3-2-4-11(5-10)13(14,15)16/h2-5,9H,6-8,17H2,1H3. The summed E-state index contributed by atoms with van der Waals surface area (Å²) in [6.45, 7) is 2.51. The minimum Gasteiger partial charge on any atom is -0.330 e. The molecule has 1 saturated carbocycles. The van der Waals surface area contributed by atoms with Crippen molar-refractivity contribution in [1.29, 1.82) is 0 Å². The van der Waals surface area contributed by atoms with Gasteiger partial charge >= 0.3 is 6.18 Å². The fourth-order valence-electron chi connectivity index (χ4n) is 2.82. The third kappa shape index (κ3) is 2.18. The molecule has 0 heterocycles. The zero-order valence-corrected chi connectivity index (χ0v) is 9.72. The maximum absolute atomic E-state index is 12.6. The van der Waals surface area contributed by atoms with Crippen molar-refractivity contribution in [3.8, 4) is 0 Å². The fourth-order valence-corrected chi connectivity index (χ4v) is 2.82. The van der Waals surface area contributed by atoms with E-state index in [4.69, 9.17) is 5.73 Å². The third-order valence-electron chi connectivity index (χ3n) is 3.67. The normalized spacial score (nSPS) is 28.9. The first-order valence-electron chi connectivity index (χ1n) is 5.75. The quantitative estimate of drug-likeness (QED) is 0.847. The molecule has 0 radical (unpaired) electrons. The number of rotatable bonds is 2. The number of alkyl halides is 3. The summed E-state index contributed by atoms with van der Waals surface area (Å²) in [7, 11) is 0. The van der Waals surface area contributed by atoms with E-state index in [-0.39, 0.29) is 5.41 Å². The fraction of sp³-hybridized carbons (Fsp3) is 0.538. The molecular formula is C13H16F3N. The molecule has 0 atom stereocenters. The van der Waals surface area contributed by atoms with Crippen LogP contribution in [0, 0.1) is 5.92 Å². The summed E-state index contributed by atoms with van der Waals surface area (Å²) in [5.74, 6) is 0.549. The highest BCUT2D eigenvalue weighted by atomic mass is 19.4. The Balaban J connectivity index is 2.33. The first-order chi connectivity index (χ1) is 7.87.